The van der Waals surface area contributed by atoms with Gasteiger partial charge in [0.05, 0.1) is 18.4 Å². The molecule has 0 unspecified atom stereocenters. The monoisotopic (exact) mass is 547 g/mol. The van der Waals surface area contributed by atoms with Crippen LogP contribution >= 0.6 is 0 Å². The Morgan fingerprint density at radius 3 is 2.07 bits per heavy atom. The number of hydrogen-bond donors (Lipinski definition) is 0. The van der Waals surface area contributed by atoms with Crippen LogP contribution in [0.1, 0.15) is 70.4 Å². The fourth-order valence-corrected chi connectivity index (χ4v) is 4.97. The van der Waals surface area contributed by atoms with Gasteiger partial charge in [0.2, 0.25) is 0 Å². The summed E-state index contributed by atoms with van der Waals surface area (Å²) in [7, 11) is 0. The number of benzene rings is 4. The van der Waals surface area contributed by atoms with Crippen LogP contribution in [0.4, 0.5) is 0 Å². The van der Waals surface area contributed by atoms with E-state index in [1.807, 2.05) is 90.7 Å². The van der Waals surface area contributed by atoms with Crippen molar-refractivity contribution in [3.05, 3.63) is 136 Å². The van der Waals surface area contributed by atoms with Crippen LogP contribution in [0, 0.1) is 0 Å². The summed E-state index contributed by atoms with van der Waals surface area (Å²) < 4.78 is 18.0. The molecule has 0 atom stereocenters. The van der Waals surface area contributed by atoms with Gasteiger partial charge >= 0.3 is 0 Å². The van der Waals surface area contributed by atoms with Crippen LogP contribution in [0.15, 0.2) is 97.3 Å². The van der Waals surface area contributed by atoms with Crippen molar-refractivity contribution < 1.29 is 19.0 Å². The molecule has 0 fully saturated rings. The minimum Gasteiger partial charge on any atom is -0.501 e. The highest BCUT2D eigenvalue weighted by molar-refractivity contribution is 5.98. The zero-order valence-corrected chi connectivity index (χ0v) is 24.0. The number of carbonyl (C=O) groups is 1. The van der Waals surface area contributed by atoms with E-state index < -0.39 is 0 Å². The molecule has 1 amide bonds. The highest BCUT2D eigenvalue weighted by Gasteiger charge is 2.28. The normalized spacial score (nSPS) is 12.5. The highest BCUT2D eigenvalue weighted by Crippen LogP contribution is 2.37. The van der Waals surface area contributed by atoms with Gasteiger partial charge in [-0.1, -0.05) is 86.6 Å². The van der Waals surface area contributed by atoms with Crippen molar-refractivity contribution in [1.29, 1.82) is 0 Å². The lowest BCUT2D eigenvalue weighted by atomic mass is 9.98. The Morgan fingerprint density at radius 1 is 0.805 bits per heavy atom. The molecule has 0 N–H and O–H groups in total. The summed E-state index contributed by atoms with van der Waals surface area (Å²) in [6.45, 7) is 8.73. The Labute approximate surface area is 243 Å². The third kappa shape index (κ3) is 6.98. The lowest BCUT2D eigenvalue weighted by molar-refractivity contribution is 0.0746. The van der Waals surface area contributed by atoms with E-state index in [1.54, 1.807) is 6.26 Å². The van der Waals surface area contributed by atoms with E-state index in [0.717, 1.165) is 39.1 Å². The maximum atomic E-state index is 14.1. The van der Waals surface area contributed by atoms with Gasteiger partial charge in [0.1, 0.15) is 24.7 Å². The standard InChI is InChI=1S/C36H37NO4/c1-4-39-18-17-27-15-16-30-22-37(23-31(30)19-27)36(38)33-20-32(26(2)3)34(40-24-28-11-7-5-8-12-28)21-35(33)41-25-29-13-9-6-10-14-29/h5-21,26H,4,22-25H2,1-3H3/b18-17+. The van der Waals surface area contributed by atoms with Crippen LogP contribution in [0.25, 0.3) is 6.08 Å². The van der Waals surface area contributed by atoms with E-state index in [4.69, 9.17) is 14.2 Å². The van der Waals surface area contributed by atoms with Crippen molar-refractivity contribution in [1.82, 2.24) is 4.90 Å². The van der Waals surface area contributed by atoms with Crippen molar-refractivity contribution in [2.24, 2.45) is 0 Å². The predicted octanol–water partition coefficient (Wildman–Crippen LogP) is 8.13. The maximum absolute atomic E-state index is 14.1. The van der Waals surface area contributed by atoms with Crippen molar-refractivity contribution >= 4 is 12.0 Å². The second kappa shape index (κ2) is 13.2. The minimum atomic E-state index is -0.0489. The predicted molar refractivity (Wildman–Crippen MR) is 163 cm³/mol. The first-order chi connectivity index (χ1) is 20.0. The fraction of sp³-hybridized carbons (Fsp3) is 0.250. The Balaban J connectivity index is 1.43. The molecular formula is C36H37NO4. The summed E-state index contributed by atoms with van der Waals surface area (Å²) in [4.78, 5) is 16.0. The van der Waals surface area contributed by atoms with Crippen LogP contribution < -0.4 is 9.47 Å². The van der Waals surface area contributed by atoms with Gasteiger partial charge in [0.25, 0.3) is 5.91 Å². The smallest absolute Gasteiger partial charge is 0.258 e. The molecule has 0 saturated carbocycles. The molecule has 5 nitrogen and oxygen atoms in total. The van der Waals surface area contributed by atoms with Crippen LogP contribution in [0.3, 0.4) is 0 Å². The number of rotatable bonds is 11. The zero-order chi connectivity index (χ0) is 28.6. The number of nitrogens with zero attached hydrogens (tertiary/aromatic N) is 1. The van der Waals surface area contributed by atoms with Gasteiger partial charge in [0, 0.05) is 19.2 Å². The number of carbonyl (C=O) groups excluding carboxylic acids is 1. The number of ether oxygens (including phenoxy) is 3. The highest BCUT2D eigenvalue weighted by atomic mass is 16.5. The molecular weight excluding hydrogens is 510 g/mol. The zero-order valence-electron chi connectivity index (χ0n) is 24.0. The lowest BCUT2D eigenvalue weighted by Gasteiger charge is -2.22. The molecule has 0 aliphatic carbocycles. The maximum Gasteiger partial charge on any atom is 0.258 e. The molecule has 0 saturated heterocycles. The summed E-state index contributed by atoms with van der Waals surface area (Å²) in [5.74, 6) is 1.37. The van der Waals surface area contributed by atoms with Gasteiger partial charge in [-0.05, 0) is 64.4 Å². The number of fused-ring (bicyclic) bond motifs is 1. The molecule has 1 aliphatic heterocycles. The van der Waals surface area contributed by atoms with Crippen molar-refractivity contribution in [2.45, 2.75) is 53.0 Å². The molecule has 0 bridgehead atoms. The van der Waals surface area contributed by atoms with Gasteiger partial charge in [0.15, 0.2) is 0 Å². The van der Waals surface area contributed by atoms with Gasteiger partial charge in [-0.3, -0.25) is 4.79 Å². The summed E-state index contributed by atoms with van der Waals surface area (Å²) >= 11 is 0. The van der Waals surface area contributed by atoms with E-state index in [9.17, 15) is 4.79 Å². The molecule has 210 valence electrons. The summed E-state index contributed by atoms with van der Waals surface area (Å²) in [6.07, 6.45) is 3.66. The Bertz CT molecular complexity index is 1500. The SMILES string of the molecule is CCO/C=C/c1ccc2c(c1)CN(C(=O)c1cc(C(C)C)c(OCc3ccccc3)cc1OCc1ccccc1)C2. The molecule has 4 aromatic rings. The van der Waals surface area contributed by atoms with Crippen LogP contribution in [-0.4, -0.2) is 17.4 Å². The van der Waals surface area contributed by atoms with Crippen LogP contribution in [-0.2, 0) is 31.0 Å². The first-order valence-corrected chi connectivity index (χ1v) is 14.2. The first kappa shape index (κ1) is 28.0. The molecule has 0 spiro atoms. The summed E-state index contributed by atoms with van der Waals surface area (Å²) in [6, 6.07) is 30.2. The third-order valence-corrected chi connectivity index (χ3v) is 7.20. The number of amides is 1. The van der Waals surface area contributed by atoms with E-state index >= 15 is 0 Å². The van der Waals surface area contributed by atoms with Crippen molar-refractivity contribution in [2.75, 3.05) is 6.61 Å². The van der Waals surface area contributed by atoms with E-state index in [1.165, 1.54) is 0 Å². The molecule has 0 radical (unpaired) electrons. The van der Waals surface area contributed by atoms with Crippen molar-refractivity contribution in [3.8, 4) is 11.5 Å². The Hall–Kier alpha value is -4.51. The average Bonchev–Trinajstić information content (AvgIpc) is 3.43. The van der Waals surface area contributed by atoms with Crippen molar-refractivity contribution in [3.63, 3.8) is 0 Å². The molecule has 4 aromatic carbocycles. The lowest BCUT2D eigenvalue weighted by Crippen LogP contribution is -2.26. The molecule has 1 heterocycles. The largest absolute Gasteiger partial charge is 0.501 e. The van der Waals surface area contributed by atoms with Gasteiger partial charge in [-0.25, -0.2) is 0 Å². The second-order valence-corrected chi connectivity index (χ2v) is 10.5. The topological polar surface area (TPSA) is 48.0 Å². The minimum absolute atomic E-state index is 0.0489. The van der Waals surface area contributed by atoms with Gasteiger partial charge < -0.3 is 19.1 Å². The van der Waals surface area contributed by atoms with Crippen LogP contribution in [0.2, 0.25) is 0 Å². The second-order valence-electron chi connectivity index (χ2n) is 10.5. The molecule has 1 aliphatic rings. The van der Waals surface area contributed by atoms with Gasteiger partial charge in [-0.2, -0.15) is 0 Å². The first-order valence-electron chi connectivity index (χ1n) is 14.2. The van der Waals surface area contributed by atoms with E-state index in [2.05, 4.69) is 32.0 Å². The molecule has 0 aromatic heterocycles. The van der Waals surface area contributed by atoms with Gasteiger partial charge in [-0.15, -0.1) is 0 Å². The summed E-state index contributed by atoms with van der Waals surface area (Å²) in [5, 5.41) is 0. The fourth-order valence-electron chi connectivity index (χ4n) is 4.97. The van der Waals surface area contributed by atoms with E-state index in [0.29, 0.717) is 44.2 Å². The summed E-state index contributed by atoms with van der Waals surface area (Å²) in [5.41, 5.74) is 7.02. The Morgan fingerprint density at radius 2 is 1.44 bits per heavy atom. The third-order valence-electron chi connectivity index (χ3n) is 7.20. The van der Waals surface area contributed by atoms with Crippen LogP contribution in [0.5, 0.6) is 11.5 Å². The average molecular weight is 548 g/mol. The molecule has 5 rings (SSSR count). The molecule has 41 heavy (non-hydrogen) atoms. The number of hydrogen-bond acceptors (Lipinski definition) is 4. The quantitative estimate of drug-likeness (QED) is 0.178. The Kier molecular flexibility index (Phi) is 9.05. The van der Waals surface area contributed by atoms with E-state index in [-0.39, 0.29) is 11.8 Å². The molecule has 5 heteroatoms.